The van der Waals surface area contributed by atoms with E-state index in [1.165, 1.54) is 0 Å². The molecule has 9 heteroatoms. The van der Waals surface area contributed by atoms with Gasteiger partial charge in [-0.05, 0) is 77.2 Å². The van der Waals surface area contributed by atoms with Gasteiger partial charge in [-0.1, -0.05) is 11.6 Å². The lowest BCUT2D eigenvalue weighted by Crippen LogP contribution is -2.46. The zero-order valence-electron chi connectivity index (χ0n) is 17.0. The third-order valence-corrected chi connectivity index (χ3v) is 6.84. The van der Waals surface area contributed by atoms with Gasteiger partial charge in [-0.25, -0.2) is 9.78 Å². The number of hydrogen-bond acceptors (Lipinski definition) is 5. The van der Waals surface area contributed by atoms with Gasteiger partial charge in [0.2, 0.25) is 0 Å². The Morgan fingerprint density at radius 3 is 2.19 bits per heavy atom. The number of nitrogens with one attached hydrogen (secondary N) is 1. The van der Waals surface area contributed by atoms with Crippen LogP contribution in [0.5, 0.6) is 0 Å². The minimum absolute atomic E-state index is 0.240. The summed E-state index contributed by atoms with van der Waals surface area (Å²) >= 11 is 8.25. The smallest absolute Gasteiger partial charge is 0.335 e. The molecule has 2 N–H and O–H groups in total. The highest BCUT2D eigenvalue weighted by Crippen LogP contribution is 2.23. The van der Waals surface area contributed by atoms with Crippen molar-refractivity contribution in [2.45, 2.75) is 0 Å². The van der Waals surface area contributed by atoms with Crippen LogP contribution in [0.15, 0.2) is 60.8 Å². The van der Waals surface area contributed by atoms with Gasteiger partial charge in [-0.15, -0.1) is 0 Å². The summed E-state index contributed by atoms with van der Waals surface area (Å²) in [5.74, 6) is -0.345. The van der Waals surface area contributed by atoms with Crippen molar-refractivity contribution in [2.24, 2.45) is 0 Å². The van der Waals surface area contributed by atoms with E-state index >= 15 is 0 Å². The fraction of sp³-hybridized carbons (Fsp3) is 0.174. The Balaban J connectivity index is 1.34. The molecule has 0 atom stereocenters. The highest BCUT2D eigenvalue weighted by atomic mass is 127. The number of halogens is 2. The Morgan fingerprint density at radius 2 is 1.59 bits per heavy atom. The summed E-state index contributed by atoms with van der Waals surface area (Å²) < 4.78 is 0.922. The molecule has 0 bridgehead atoms. The van der Waals surface area contributed by atoms with E-state index in [9.17, 15) is 9.59 Å². The molecule has 0 spiro atoms. The molecule has 1 aliphatic rings. The Morgan fingerprint density at radius 1 is 0.938 bits per heavy atom. The third kappa shape index (κ3) is 5.13. The van der Waals surface area contributed by atoms with E-state index < -0.39 is 5.97 Å². The van der Waals surface area contributed by atoms with Gasteiger partial charge in [-0.3, -0.25) is 4.79 Å². The van der Waals surface area contributed by atoms with Crippen molar-refractivity contribution < 1.29 is 14.7 Å². The number of hydrogen-bond donors (Lipinski definition) is 2. The predicted octanol–water partition coefficient (Wildman–Crippen LogP) is 4.62. The number of piperazine rings is 1. The van der Waals surface area contributed by atoms with Crippen LogP contribution in [0.1, 0.15) is 20.7 Å². The molecule has 0 aliphatic carbocycles. The van der Waals surface area contributed by atoms with Gasteiger partial charge >= 0.3 is 5.97 Å². The second-order valence-corrected chi connectivity index (χ2v) is 8.88. The first kappa shape index (κ1) is 22.3. The number of carboxylic acid groups (broad SMARTS) is 1. The number of aromatic carboxylic acids is 1. The second-order valence-electron chi connectivity index (χ2n) is 7.31. The summed E-state index contributed by atoms with van der Waals surface area (Å²) in [6.07, 6.45) is 1.58. The van der Waals surface area contributed by atoms with E-state index in [4.69, 9.17) is 16.7 Å². The molecular formula is C23H20ClIN4O3. The average molecular weight is 563 g/mol. The van der Waals surface area contributed by atoms with E-state index in [0.717, 1.165) is 41.3 Å². The summed E-state index contributed by atoms with van der Waals surface area (Å²) in [5.41, 5.74) is 2.40. The molecule has 3 aromatic rings. The number of carbonyl (C=O) groups excluding carboxylic acids is 1. The highest BCUT2D eigenvalue weighted by molar-refractivity contribution is 14.1. The quantitative estimate of drug-likeness (QED) is 0.442. The minimum Gasteiger partial charge on any atom is -0.478 e. The number of anilines is 3. The van der Waals surface area contributed by atoms with Crippen LogP contribution in [0.2, 0.25) is 5.02 Å². The molecule has 0 unspecified atom stereocenters. The molecule has 1 aromatic heterocycles. The molecule has 164 valence electrons. The second kappa shape index (κ2) is 9.74. The van der Waals surface area contributed by atoms with Crippen molar-refractivity contribution in [3.05, 3.63) is 80.5 Å². The number of carbonyl (C=O) groups is 2. The van der Waals surface area contributed by atoms with Gasteiger partial charge in [0, 0.05) is 47.3 Å². The monoisotopic (exact) mass is 562 g/mol. The molecule has 4 rings (SSSR count). The van der Waals surface area contributed by atoms with Crippen molar-refractivity contribution in [3.8, 4) is 0 Å². The number of benzene rings is 2. The largest absolute Gasteiger partial charge is 0.478 e. The van der Waals surface area contributed by atoms with E-state index in [1.807, 2.05) is 30.3 Å². The van der Waals surface area contributed by atoms with Crippen LogP contribution in [0, 0.1) is 3.57 Å². The number of carboxylic acids is 1. The third-order valence-electron chi connectivity index (χ3n) is 5.27. The first-order chi connectivity index (χ1) is 15.4. The normalized spacial score (nSPS) is 13.7. The maximum absolute atomic E-state index is 12.5. The summed E-state index contributed by atoms with van der Waals surface area (Å²) in [4.78, 5) is 32.4. The molecule has 1 fully saturated rings. The standard InChI is InChI=1S/C23H20ClIN4O3/c24-19-13-17(4-7-20(19)25)27-22(30)16-3-8-21(26-14-16)29-11-9-28(10-12-29)18-5-1-15(2-6-18)23(31)32/h1-8,13-14H,9-12H2,(H,27,30)(H,31,32). The van der Waals surface area contributed by atoms with Crippen LogP contribution in [0.25, 0.3) is 0 Å². The molecule has 0 radical (unpaired) electrons. The summed E-state index contributed by atoms with van der Waals surface area (Å²) in [7, 11) is 0. The van der Waals surface area contributed by atoms with E-state index in [-0.39, 0.29) is 11.5 Å². The lowest BCUT2D eigenvalue weighted by molar-refractivity contribution is 0.0696. The zero-order valence-corrected chi connectivity index (χ0v) is 19.9. The molecule has 0 saturated carbocycles. The van der Waals surface area contributed by atoms with Gasteiger partial charge in [0.1, 0.15) is 5.82 Å². The first-order valence-electron chi connectivity index (χ1n) is 9.96. The minimum atomic E-state index is -0.924. The number of amides is 1. The maximum Gasteiger partial charge on any atom is 0.335 e. The van der Waals surface area contributed by atoms with Gasteiger partial charge < -0.3 is 20.2 Å². The molecule has 7 nitrogen and oxygen atoms in total. The van der Waals surface area contributed by atoms with Crippen LogP contribution >= 0.6 is 34.2 Å². The molecule has 2 aromatic carbocycles. The lowest BCUT2D eigenvalue weighted by atomic mass is 10.2. The molecule has 1 saturated heterocycles. The number of rotatable bonds is 5. The van der Waals surface area contributed by atoms with E-state index in [0.29, 0.717) is 16.3 Å². The molecule has 2 heterocycles. The average Bonchev–Trinajstić information content (AvgIpc) is 2.82. The first-order valence-corrected chi connectivity index (χ1v) is 11.4. The Bertz CT molecular complexity index is 1130. The highest BCUT2D eigenvalue weighted by Gasteiger charge is 2.19. The van der Waals surface area contributed by atoms with Crippen LogP contribution in [-0.4, -0.2) is 48.1 Å². The van der Waals surface area contributed by atoms with Gasteiger partial charge in [0.15, 0.2) is 0 Å². The van der Waals surface area contributed by atoms with Crippen molar-refractivity contribution in [1.29, 1.82) is 0 Å². The summed E-state index contributed by atoms with van der Waals surface area (Å²) in [6.45, 7) is 3.15. The van der Waals surface area contributed by atoms with Crippen molar-refractivity contribution in [3.63, 3.8) is 0 Å². The maximum atomic E-state index is 12.5. The van der Waals surface area contributed by atoms with Crippen molar-refractivity contribution in [1.82, 2.24) is 4.98 Å². The van der Waals surface area contributed by atoms with Crippen molar-refractivity contribution >= 4 is 63.3 Å². The number of pyridine rings is 1. The Kier molecular flexibility index (Phi) is 6.80. The van der Waals surface area contributed by atoms with Gasteiger partial charge in [0.25, 0.3) is 5.91 Å². The molecule has 32 heavy (non-hydrogen) atoms. The lowest BCUT2D eigenvalue weighted by Gasteiger charge is -2.36. The summed E-state index contributed by atoms with van der Waals surface area (Å²) in [5, 5.41) is 12.5. The number of aromatic nitrogens is 1. The Hall–Kier alpha value is -2.85. The molecule has 1 aliphatic heterocycles. The van der Waals surface area contributed by atoms with Crippen LogP contribution in [-0.2, 0) is 0 Å². The Labute approximate surface area is 204 Å². The zero-order chi connectivity index (χ0) is 22.7. The van der Waals surface area contributed by atoms with Crippen LogP contribution in [0.4, 0.5) is 17.2 Å². The van der Waals surface area contributed by atoms with Crippen LogP contribution in [0.3, 0.4) is 0 Å². The summed E-state index contributed by atoms with van der Waals surface area (Å²) in [6, 6.07) is 15.9. The fourth-order valence-electron chi connectivity index (χ4n) is 3.49. The van der Waals surface area contributed by atoms with E-state index in [2.05, 4.69) is 42.7 Å². The molecular weight excluding hydrogens is 543 g/mol. The topological polar surface area (TPSA) is 85.8 Å². The fourth-order valence-corrected chi connectivity index (χ4v) is 4.01. The van der Waals surface area contributed by atoms with Gasteiger partial charge in [-0.2, -0.15) is 0 Å². The SMILES string of the molecule is O=C(O)c1ccc(N2CCN(c3ccc(C(=O)Nc4ccc(I)c(Cl)c4)cn3)CC2)cc1. The molecule has 1 amide bonds. The van der Waals surface area contributed by atoms with Crippen molar-refractivity contribution in [2.75, 3.05) is 41.3 Å². The predicted molar refractivity (Wildman–Crippen MR) is 134 cm³/mol. The van der Waals surface area contributed by atoms with E-state index in [1.54, 1.807) is 30.5 Å². The number of nitrogens with zero attached hydrogens (tertiary/aromatic N) is 3. The van der Waals surface area contributed by atoms with Crippen LogP contribution < -0.4 is 15.1 Å². The van der Waals surface area contributed by atoms with Gasteiger partial charge in [0.05, 0.1) is 16.1 Å².